The van der Waals surface area contributed by atoms with Crippen molar-refractivity contribution in [2.45, 2.75) is 32.7 Å². The van der Waals surface area contributed by atoms with E-state index in [9.17, 15) is 9.59 Å². The Bertz CT molecular complexity index is 924. The van der Waals surface area contributed by atoms with Crippen molar-refractivity contribution in [1.82, 2.24) is 20.1 Å². The Kier molecular flexibility index (Phi) is 4.77. The second-order valence-corrected chi connectivity index (χ2v) is 6.95. The van der Waals surface area contributed by atoms with Gasteiger partial charge < -0.3 is 5.32 Å². The van der Waals surface area contributed by atoms with Crippen LogP contribution in [0.3, 0.4) is 0 Å². The van der Waals surface area contributed by atoms with Crippen LogP contribution in [-0.4, -0.2) is 38.5 Å². The number of imide groups is 1. The number of benzene rings is 1. The summed E-state index contributed by atoms with van der Waals surface area (Å²) < 4.78 is 1.52. The number of nitrogens with one attached hydrogen (secondary N) is 1. The average Bonchev–Trinajstić information content (AvgIpc) is 3.00. The third-order valence-electron chi connectivity index (χ3n) is 4.35. The highest BCUT2D eigenvalue weighted by atomic mass is 35.5. The van der Waals surface area contributed by atoms with Crippen molar-refractivity contribution in [3.8, 4) is 5.69 Å². The summed E-state index contributed by atoms with van der Waals surface area (Å²) in [5.74, 6) is -0.405. The van der Waals surface area contributed by atoms with Crippen LogP contribution >= 0.6 is 23.2 Å². The first-order valence-electron chi connectivity index (χ1n) is 7.98. The van der Waals surface area contributed by atoms with E-state index in [2.05, 4.69) is 15.5 Å². The van der Waals surface area contributed by atoms with Gasteiger partial charge in [0.25, 0.3) is 5.91 Å². The molecule has 26 heavy (non-hydrogen) atoms. The molecule has 1 N–H and O–H groups in total. The molecule has 1 atom stereocenters. The largest absolute Gasteiger partial charge is 0.346 e. The summed E-state index contributed by atoms with van der Waals surface area (Å²) in [6.45, 7) is 5.25. The van der Waals surface area contributed by atoms with E-state index in [1.54, 1.807) is 32.0 Å². The molecule has 7 nitrogen and oxygen atoms in total. The standard InChI is InChI=1S/C17H17Cl2N5O2/c1-4-17(3)15(25)24(16(26)21-17)20-9-13-10(2)22-23(14(13)19)12-7-5-6-11(18)8-12/h5-9H,4H2,1-3H3,(H,21,26)/t17-/m1/s1. The van der Waals surface area contributed by atoms with Gasteiger partial charge in [0.2, 0.25) is 0 Å². The van der Waals surface area contributed by atoms with Gasteiger partial charge in [0, 0.05) is 5.02 Å². The molecular formula is C17H17Cl2N5O2. The van der Waals surface area contributed by atoms with Crippen LogP contribution in [0.2, 0.25) is 10.2 Å². The average molecular weight is 394 g/mol. The molecule has 0 aliphatic carbocycles. The minimum absolute atomic E-state index is 0.304. The highest BCUT2D eigenvalue weighted by Gasteiger charge is 2.46. The Morgan fingerprint density at radius 1 is 1.35 bits per heavy atom. The lowest BCUT2D eigenvalue weighted by molar-refractivity contribution is -0.130. The number of aryl methyl sites for hydroxylation is 1. The first-order chi connectivity index (χ1) is 12.3. The minimum Gasteiger partial charge on any atom is -0.322 e. The van der Waals surface area contributed by atoms with Gasteiger partial charge in [-0.2, -0.15) is 10.2 Å². The van der Waals surface area contributed by atoms with Gasteiger partial charge in [-0.25, -0.2) is 9.48 Å². The number of nitrogens with zero attached hydrogens (tertiary/aromatic N) is 4. The fourth-order valence-electron chi connectivity index (χ4n) is 2.57. The number of carbonyl (C=O) groups is 2. The van der Waals surface area contributed by atoms with E-state index in [1.807, 2.05) is 13.0 Å². The summed E-state index contributed by atoms with van der Waals surface area (Å²) >= 11 is 12.4. The van der Waals surface area contributed by atoms with Crippen molar-refractivity contribution in [2.24, 2.45) is 5.10 Å². The number of urea groups is 1. The molecule has 9 heteroatoms. The summed E-state index contributed by atoms with van der Waals surface area (Å²) in [5.41, 5.74) is 0.860. The van der Waals surface area contributed by atoms with E-state index in [0.29, 0.717) is 33.5 Å². The maximum absolute atomic E-state index is 12.4. The number of rotatable bonds is 4. The molecule has 1 saturated heterocycles. The number of amides is 3. The van der Waals surface area contributed by atoms with Crippen molar-refractivity contribution < 1.29 is 9.59 Å². The van der Waals surface area contributed by atoms with Gasteiger partial charge in [0.15, 0.2) is 0 Å². The molecule has 3 rings (SSSR count). The van der Waals surface area contributed by atoms with Crippen LogP contribution in [0.4, 0.5) is 4.79 Å². The van der Waals surface area contributed by atoms with Gasteiger partial charge in [0.05, 0.1) is 23.2 Å². The molecule has 2 heterocycles. The fourth-order valence-corrected chi connectivity index (χ4v) is 3.07. The van der Waals surface area contributed by atoms with E-state index in [1.165, 1.54) is 10.9 Å². The van der Waals surface area contributed by atoms with Gasteiger partial charge >= 0.3 is 6.03 Å². The topological polar surface area (TPSA) is 79.6 Å². The predicted molar refractivity (Wildman–Crippen MR) is 100.0 cm³/mol. The molecule has 1 aromatic heterocycles. The van der Waals surface area contributed by atoms with Gasteiger partial charge in [0.1, 0.15) is 10.7 Å². The molecule has 136 valence electrons. The molecule has 0 unspecified atom stereocenters. The van der Waals surface area contributed by atoms with Crippen LogP contribution in [-0.2, 0) is 4.79 Å². The maximum Gasteiger partial charge on any atom is 0.346 e. The normalized spacial score (nSPS) is 20.3. The lowest BCUT2D eigenvalue weighted by Gasteiger charge is -2.17. The van der Waals surface area contributed by atoms with Crippen molar-refractivity contribution in [3.05, 3.63) is 45.7 Å². The minimum atomic E-state index is -0.946. The Morgan fingerprint density at radius 2 is 2.08 bits per heavy atom. The number of hydrogen-bond acceptors (Lipinski definition) is 4. The lowest BCUT2D eigenvalue weighted by atomic mass is 10.00. The first kappa shape index (κ1) is 18.4. The molecule has 0 saturated carbocycles. The monoisotopic (exact) mass is 393 g/mol. The zero-order chi connectivity index (χ0) is 19.1. The Balaban J connectivity index is 1.93. The van der Waals surface area contributed by atoms with Gasteiger partial charge in [-0.05, 0) is 38.5 Å². The number of halogens is 2. The van der Waals surface area contributed by atoms with Crippen LogP contribution in [0, 0.1) is 6.92 Å². The molecule has 2 aromatic rings. The number of hydrazone groups is 1. The second-order valence-electron chi connectivity index (χ2n) is 6.16. The summed E-state index contributed by atoms with van der Waals surface area (Å²) in [5, 5.41) is 12.7. The van der Waals surface area contributed by atoms with Gasteiger partial charge in [-0.1, -0.05) is 36.2 Å². The van der Waals surface area contributed by atoms with Gasteiger partial charge in [-0.15, -0.1) is 5.01 Å². The third kappa shape index (κ3) is 3.08. The quantitative estimate of drug-likeness (QED) is 0.636. The highest BCUT2D eigenvalue weighted by Crippen LogP contribution is 2.25. The summed E-state index contributed by atoms with van der Waals surface area (Å²) in [7, 11) is 0. The molecule has 1 aliphatic heterocycles. The molecular weight excluding hydrogens is 377 g/mol. The summed E-state index contributed by atoms with van der Waals surface area (Å²) in [6.07, 6.45) is 1.83. The number of aromatic nitrogens is 2. The lowest BCUT2D eigenvalue weighted by Crippen LogP contribution is -2.42. The van der Waals surface area contributed by atoms with Crippen molar-refractivity contribution >= 4 is 41.4 Å². The molecule has 1 aliphatic rings. The van der Waals surface area contributed by atoms with Crippen LogP contribution in [0.5, 0.6) is 0 Å². The molecule has 3 amide bonds. The Labute approximate surface area is 160 Å². The highest BCUT2D eigenvalue weighted by molar-refractivity contribution is 6.32. The molecule has 0 spiro atoms. The van der Waals surface area contributed by atoms with E-state index >= 15 is 0 Å². The van der Waals surface area contributed by atoms with Crippen LogP contribution in [0.25, 0.3) is 5.69 Å². The first-order valence-corrected chi connectivity index (χ1v) is 8.74. The summed E-state index contributed by atoms with van der Waals surface area (Å²) in [4.78, 5) is 24.4. The zero-order valence-electron chi connectivity index (χ0n) is 14.5. The molecule has 0 radical (unpaired) electrons. The summed E-state index contributed by atoms with van der Waals surface area (Å²) in [6, 6.07) is 6.52. The van der Waals surface area contributed by atoms with Gasteiger partial charge in [-0.3, -0.25) is 4.79 Å². The van der Waals surface area contributed by atoms with Crippen molar-refractivity contribution in [2.75, 3.05) is 0 Å². The number of carbonyl (C=O) groups excluding carboxylic acids is 2. The van der Waals surface area contributed by atoms with Crippen LogP contribution < -0.4 is 5.32 Å². The smallest absolute Gasteiger partial charge is 0.322 e. The van der Waals surface area contributed by atoms with Crippen LogP contribution in [0.1, 0.15) is 31.5 Å². The van der Waals surface area contributed by atoms with Crippen LogP contribution in [0.15, 0.2) is 29.4 Å². The molecule has 0 bridgehead atoms. The van der Waals surface area contributed by atoms with Crippen molar-refractivity contribution in [3.63, 3.8) is 0 Å². The van der Waals surface area contributed by atoms with E-state index in [4.69, 9.17) is 23.2 Å². The fraction of sp³-hybridized carbons (Fsp3) is 0.294. The second kappa shape index (κ2) is 6.74. The van der Waals surface area contributed by atoms with E-state index in [-0.39, 0.29) is 0 Å². The zero-order valence-corrected chi connectivity index (χ0v) is 16.0. The molecule has 1 fully saturated rings. The van der Waals surface area contributed by atoms with Crippen molar-refractivity contribution in [1.29, 1.82) is 0 Å². The molecule has 1 aromatic carbocycles. The van der Waals surface area contributed by atoms with E-state index < -0.39 is 17.5 Å². The Hall–Kier alpha value is -2.38. The number of hydrogen-bond donors (Lipinski definition) is 1. The third-order valence-corrected chi connectivity index (χ3v) is 4.95. The van der Waals surface area contributed by atoms with E-state index in [0.717, 1.165) is 5.01 Å². The predicted octanol–water partition coefficient (Wildman–Crippen LogP) is 3.54. The maximum atomic E-state index is 12.4. The Morgan fingerprint density at radius 3 is 2.69 bits per heavy atom. The SMILES string of the molecule is CC[C@@]1(C)NC(=O)N(N=Cc2c(C)nn(-c3cccc(Cl)c3)c2Cl)C1=O.